The molecule has 0 fully saturated rings. The zero-order valence-electron chi connectivity index (χ0n) is 13.5. The van der Waals surface area contributed by atoms with Gasteiger partial charge in [-0.1, -0.05) is 13.8 Å². The maximum atomic E-state index is 12.1. The summed E-state index contributed by atoms with van der Waals surface area (Å²) < 4.78 is 0. The van der Waals surface area contributed by atoms with Crippen LogP contribution in [0.4, 0.5) is 0 Å². The minimum Gasteiger partial charge on any atom is -0.364 e. The predicted molar refractivity (Wildman–Crippen MR) is 85.7 cm³/mol. The SMILES string of the molecule is CCN(CC)CCCC(C)NC(=O)c1c[nH]c(C)cc1=O. The van der Waals surface area contributed by atoms with Gasteiger partial charge in [0.25, 0.3) is 5.91 Å². The van der Waals surface area contributed by atoms with Gasteiger partial charge < -0.3 is 15.2 Å². The molecule has 1 unspecified atom stereocenters. The highest BCUT2D eigenvalue weighted by atomic mass is 16.2. The lowest BCUT2D eigenvalue weighted by Gasteiger charge is -2.19. The number of carbonyl (C=O) groups excluding carboxylic acids is 1. The van der Waals surface area contributed by atoms with E-state index in [1.807, 2.05) is 6.92 Å². The normalized spacial score (nSPS) is 12.4. The van der Waals surface area contributed by atoms with E-state index in [2.05, 4.69) is 29.0 Å². The molecule has 1 aromatic rings. The van der Waals surface area contributed by atoms with Gasteiger partial charge in [-0.25, -0.2) is 0 Å². The molecule has 0 aliphatic heterocycles. The lowest BCUT2D eigenvalue weighted by atomic mass is 10.1. The molecule has 0 aliphatic carbocycles. The van der Waals surface area contributed by atoms with E-state index in [4.69, 9.17) is 0 Å². The number of nitrogens with zero attached hydrogens (tertiary/aromatic N) is 1. The number of amides is 1. The number of hydrogen-bond acceptors (Lipinski definition) is 3. The van der Waals surface area contributed by atoms with Gasteiger partial charge in [0.1, 0.15) is 5.56 Å². The van der Waals surface area contributed by atoms with E-state index in [9.17, 15) is 9.59 Å². The molecular weight excluding hydrogens is 266 g/mol. The van der Waals surface area contributed by atoms with Crippen LogP contribution in [0.1, 0.15) is 49.7 Å². The zero-order chi connectivity index (χ0) is 15.8. The molecule has 1 amide bonds. The van der Waals surface area contributed by atoms with Crippen LogP contribution in [0.2, 0.25) is 0 Å². The molecule has 1 heterocycles. The van der Waals surface area contributed by atoms with Crippen LogP contribution in [-0.4, -0.2) is 41.5 Å². The molecular formula is C16H27N3O2. The standard InChI is InChI=1S/C16H27N3O2/c1-5-19(6-2)9-7-8-12(3)18-16(21)14-11-17-13(4)10-15(14)20/h10-12H,5-9H2,1-4H3,(H,17,20)(H,18,21). The van der Waals surface area contributed by atoms with E-state index in [-0.39, 0.29) is 22.9 Å². The monoisotopic (exact) mass is 293 g/mol. The Morgan fingerprint density at radius 2 is 2.05 bits per heavy atom. The molecule has 118 valence electrons. The third kappa shape index (κ3) is 5.71. The van der Waals surface area contributed by atoms with E-state index < -0.39 is 0 Å². The van der Waals surface area contributed by atoms with E-state index in [1.165, 1.54) is 12.3 Å². The number of aromatic amines is 1. The topological polar surface area (TPSA) is 65.2 Å². The second-order valence-corrected chi connectivity index (χ2v) is 5.44. The highest BCUT2D eigenvalue weighted by Gasteiger charge is 2.13. The van der Waals surface area contributed by atoms with Gasteiger partial charge in [-0.15, -0.1) is 0 Å². The fraction of sp³-hybridized carbons (Fsp3) is 0.625. The van der Waals surface area contributed by atoms with Crippen LogP contribution in [0.15, 0.2) is 17.1 Å². The van der Waals surface area contributed by atoms with Crippen LogP contribution >= 0.6 is 0 Å². The minimum absolute atomic E-state index is 0.0637. The Balaban J connectivity index is 2.45. The van der Waals surface area contributed by atoms with Gasteiger partial charge in [-0.3, -0.25) is 9.59 Å². The smallest absolute Gasteiger partial charge is 0.256 e. The van der Waals surface area contributed by atoms with Crippen molar-refractivity contribution in [1.82, 2.24) is 15.2 Å². The molecule has 5 heteroatoms. The van der Waals surface area contributed by atoms with Crippen molar-refractivity contribution < 1.29 is 4.79 Å². The maximum absolute atomic E-state index is 12.1. The lowest BCUT2D eigenvalue weighted by Crippen LogP contribution is -2.36. The summed E-state index contributed by atoms with van der Waals surface area (Å²) in [6.45, 7) is 11.2. The second kappa shape index (κ2) is 8.62. The fourth-order valence-corrected chi connectivity index (χ4v) is 2.29. The van der Waals surface area contributed by atoms with Crippen molar-refractivity contribution >= 4 is 5.91 Å². The van der Waals surface area contributed by atoms with Crippen LogP contribution in [0.25, 0.3) is 0 Å². The molecule has 1 aromatic heterocycles. The first kappa shape index (κ1) is 17.4. The molecule has 2 N–H and O–H groups in total. The second-order valence-electron chi connectivity index (χ2n) is 5.44. The van der Waals surface area contributed by atoms with Crippen molar-refractivity contribution in [3.05, 3.63) is 33.7 Å². The molecule has 21 heavy (non-hydrogen) atoms. The number of rotatable bonds is 8. The molecule has 0 saturated heterocycles. The molecule has 0 spiro atoms. The van der Waals surface area contributed by atoms with Gasteiger partial charge in [-0.05, 0) is 46.3 Å². The molecule has 0 aliphatic rings. The molecule has 0 saturated carbocycles. The van der Waals surface area contributed by atoms with Gasteiger partial charge in [-0.2, -0.15) is 0 Å². The zero-order valence-corrected chi connectivity index (χ0v) is 13.5. The molecule has 0 aromatic carbocycles. The summed E-state index contributed by atoms with van der Waals surface area (Å²) in [7, 11) is 0. The van der Waals surface area contributed by atoms with Gasteiger partial charge in [0.05, 0.1) is 0 Å². The van der Waals surface area contributed by atoms with Crippen LogP contribution in [0.5, 0.6) is 0 Å². The number of aryl methyl sites for hydroxylation is 1. The van der Waals surface area contributed by atoms with Gasteiger partial charge in [0.2, 0.25) is 0 Å². The summed E-state index contributed by atoms with van der Waals surface area (Å²) >= 11 is 0. The Labute approximate surface area is 126 Å². The van der Waals surface area contributed by atoms with E-state index in [0.29, 0.717) is 0 Å². The number of carbonyl (C=O) groups is 1. The molecule has 5 nitrogen and oxygen atoms in total. The number of pyridine rings is 1. The lowest BCUT2D eigenvalue weighted by molar-refractivity contribution is 0.0936. The minimum atomic E-state index is -0.299. The van der Waals surface area contributed by atoms with Crippen molar-refractivity contribution in [1.29, 1.82) is 0 Å². The third-order valence-electron chi connectivity index (χ3n) is 3.69. The quantitative estimate of drug-likeness (QED) is 0.769. The number of H-pyrrole nitrogens is 1. The molecule has 0 radical (unpaired) electrons. The Morgan fingerprint density at radius 3 is 2.62 bits per heavy atom. The first-order chi connectivity index (χ1) is 9.97. The predicted octanol–water partition coefficient (Wildman–Crippen LogP) is 1.92. The largest absolute Gasteiger partial charge is 0.364 e. The molecule has 0 bridgehead atoms. The van der Waals surface area contributed by atoms with Gasteiger partial charge in [0.15, 0.2) is 5.43 Å². The van der Waals surface area contributed by atoms with E-state index >= 15 is 0 Å². The Bertz CT molecular complexity index is 506. The highest BCUT2D eigenvalue weighted by molar-refractivity contribution is 5.93. The van der Waals surface area contributed by atoms with Crippen molar-refractivity contribution in [3.8, 4) is 0 Å². The summed E-state index contributed by atoms with van der Waals surface area (Å²) in [4.78, 5) is 29.1. The average molecular weight is 293 g/mol. The fourth-order valence-electron chi connectivity index (χ4n) is 2.29. The van der Waals surface area contributed by atoms with Crippen LogP contribution in [-0.2, 0) is 0 Å². The Hall–Kier alpha value is -1.62. The third-order valence-corrected chi connectivity index (χ3v) is 3.69. The first-order valence-corrected chi connectivity index (χ1v) is 7.70. The van der Waals surface area contributed by atoms with Crippen LogP contribution in [0, 0.1) is 6.92 Å². The molecule has 1 rings (SSSR count). The maximum Gasteiger partial charge on any atom is 0.256 e. The van der Waals surface area contributed by atoms with E-state index in [1.54, 1.807) is 6.92 Å². The van der Waals surface area contributed by atoms with Crippen LogP contribution < -0.4 is 10.7 Å². The number of nitrogens with one attached hydrogen (secondary N) is 2. The summed E-state index contributed by atoms with van der Waals surface area (Å²) in [5.74, 6) is -0.299. The van der Waals surface area contributed by atoms with E-state index in [0.717, 1.165) is 38.2 Å². The summed E-state index contributed by atoms with van der Waals surface area (Å²) in [5.41, 5.74) is 0.694. The number of hydrogen-bond donors (Lipinski definition) is 2. The first-order valence-electron chi connectivity index (χ1n) is 7.70. The van der Waals surface area contributed by atoms with Crippen molar-refractivity contribution in [2.75, 3.05) is 19.6 Å². The Kier molecular flexibility index (Phi) is 7.15. The van der Waals surface area contributed by atoms with Crippen molar-refractivity contribution in [2.45, 2.75) is 46.6 Å². The van der Waals surface area contributed by atoms with Crippen LogP contribution in [0.3, 0.4) is 0 Å². The van der Waals surface area contributed by atoms with Crippen molar-refractivity contribution in [2.24, 2.45) is 0 Å². The van der Waals surface area contributed by atoms with Crippen molar-refractivity contribution in [3.63, 3.8) is 0 Å². The summed E-state index contributed by atoms with van der Waals surface area (Å²) in [6.07, 6.45) is 3.43. The molecule has 1 atom stereocenters. The average Bonchev–Trinajstić information content (AvgIpc) is 2.43. The summed E-state index contributed by atoms with van der Waals surface area (Å²) in [6, 6.07) is 1.51. The highest BCUT2D eigenvalue weighted by Crippen LogP contribution is 2.01. The van der Waals surface area contributed by atoms with Gasteiger partial charge >= 0.3 is 0 Å². The summed E-state index contributed by atoms with van der Waals surface area (Å²) in [5, 5.41) is 2.89. The van der Waals surface area contributed by atoms with Gasteiger partial charge in [0, 0.05) is 24.0 Å². The Morgan fingerprint density at radius 1 is 1.38 bits per heavy atom. The number of aromatic nitrogens is 1.